The zero-order chi connectivity index (χ0) is 14.4. The first-order valence-corrected chi connectivity index (χ1v) is 6.87. The van der Waals surface area contributed by atoms with Crippen molar-refractivity contribution in [3.63, 3.8) is 0 Å². The van der Waals surface area contributed by atoms with E-state index >= 15 is 0 Å². The van der Waals surface area contributed by atoms with Gasteiger partial charge in [-0.2, -0.15) is 0 Å². The Hall–Kier alpha value is -1.81. The van der Waals surface area contributed by atoms with Gasteiger partial charge in [-0.1, -0.05) is 30.4 Å². The highest BCUT2D eigenvalue weighted by Gasteiger charge is 2.25. The van der Waals surface area contributed by atoms with Crippen LogP contribution in [0.1, 0.15) is 12.5 Å². The van der Waals surface area contributed by atoms with Crippen LogP contribution in [0.5, 0.6) is 5.75 Å². The van der Waals surface area contributed by atoms with Gasteiger partial charge in [0.05, 0.1) is 19.1 Å². The summed E-state index contributed by atoms with van der Waals surface area (Å²) < 4.78 is 11.0. The number of hydrogen-bond donors (Lipinski definition) is 1. The van der Waals surface area contributed by atoms with Crippen LogP contribution in [0.3, 0.4) is 0 Å². The summed E-state index contributed by atoms with van der Waals surface area (Å²) in [6.07, 6.45) is 0.731. The molecule has 1 aromatic rings. The van der Waals surface area contributed by atoms with Gasteiger partial charge in [0.25, 0.3) is 0 Å². The molecule has 0 spiro atoms. The number of hydrogen-bond acceptors (Lipinski definition) is 3. The predicted octanol–water partition coefficient (Wildman–Crippen LogP) is 1.95. The van der Waals surface area contributed by atoms with Crippen LogP contribution in [0.4, 0.5) is 0 Å². The lowest BCUT2D eigenvalue weighted by atomic mass is 9.96. The lowest BCUT2D eigenvalue weighted by Crippen LogP contribution is -2.38. The van der Waals surface area contributed by atoms with E-state index in [2.05, 4.69) is 11.9 Å². The first kappa shape index (κ1) is 14.6. The van der Waals surface area contributed by atoms with Gasteiger partial charge in [-0.05, 0) is 25.0 Å². The van der Waals surface area contributed by atoms with Crippen molar-refractivity contribution in [3.05, 3.63) is 42.0 Å². The first-order valence-electron chi connectivity index (χ1n) is 6.87. The largest absolute Gasteiger partial charge is 0.492 e. The number of carbonyl (C=O) groups excluding carboxylic acids is 1. The van der Waals surface area contributed by atoms with Gasteiger partial charge in [0.1, 0.15) is 12.4 Å². The van der Waals surface area contributed by atoms with Crippen LogP contribution in [0, 0.1) is 5.92 Å². The molecule has 2 rings (SSSR count). The van der Waals surface area contributed by atoms with Crippen LogP contribution in [0.2, 0.25) is 0 Å². The standard InChI is InChI=1S/C16H21NO3/c1-12(2)10-19-8-7-17-16(18)14-9-13-5-3-4-6-15(13)20-11-14/h3-6,14H,1,7-11H2,2H3,(H,17,18). The molecule has 0 saturated heterocycles. The van der Waals surface area contributed by atoms with Gasteiger partial charge in [-0.25, -0.2) is 0 Å². The van der Waals surface area contributed by atoms with E-state index in [0.717, 1.165) is 23.3 Å². The molecule has 4 nitrogen and oxygen atoms in total. The van der Waals surface area contributed by atoms with Crippen molar-refractivity contribution in [2.75, 3.05) is 26.4 Å². The third kappa shape index (κ3) is 4.10. The molecular weight excluding hydrogens is 254 g/mol. The Morgan fingerprint density at radius 2 is 2.30 bits per heavy atom. The number of para-hydroxylation sites is 1. The molecule has 1 unspecified atom stereocenters. The zero-order valence-corrected chi connectivity index (χ0v) is 11.9. The average Bonchev–Trinajstić information content (AvgIpc) is 2.46. The number of fused-ring (bicyclic) bond motifs is 1. The molecule has 0 aliphatic carbocycles. The molecule has 1 N–H and O–H groups in total. The molecule has 108 valence electrons. The molecular formula is C16H21NO3. The monoisotopic (exact) mass is 275 g/mol. The normalized spacial score (nSPS) is 16.9. The second-order valence-electron chi connectivity index (χ2n) is 5.12. The molecule has 0 radical (unpaired) electrons. The smallest absolute Gasteiger partial charge is 0.226 e. The fraction of sp³-hybridized carbons (Fsp3) is 0.438. The highest BCUT2D eigenvalue weighted by molar-refractivity contribution is 5.79. The molecule has 20 heavy (non-hydrogen) atoms. The Kier molecular flexibility index (Phi) is 5.18. The molecule has 1 heterocycles. The molecule has 0 aromatic heterocycles. The van der Waals surface area contributed by atoms with E-state index in [9.17, 15) is 4.79 Å². The summed E-state index contributed by atoms with van der Waals surface area (Å²) in [5.74, 6) is 0.797. The van der Waals surface area contributed by atoms with E-state index in [1.54, 1.807) is 0 Å². The number of ether oxygens (including phenoxy) is 2. The fourth-order valence-electron chi connectivity index (χ4n) is 2.13. The zero-order valence-electron chi connectivity index (χ0n) is 11.9. The number of carbonyl (C=O) groups is 1. The Labute approximate surface area is 119 Å². The number of benzene rings is 1. The van der Waals surface area contributed by atoms with Crippen molar-refractivity contribution in [2.45, 2.75) is 13.3 Å². The van der Waals surface area contributed by atoms with Crippen LogP contribution in [0.25, 0.3) is 0 Å². The summed E-state index contributed by atoms with van der Waals surface area (Å²) in [6, 6.07) is 7.85. The predicted molar refractivity (Wildman–Crippen MR) is 77.8 cm³/mol. The van der Waals surface area contributed by atoms with Gasteiger partial charge in [0, 0.05) is 6.54 Å². The molecule has 1 atom stereocenters. The Morgan fingerprint density at radius 1 is 1.50 bits per heavy atom. The van der Waals surface area contributed by atoms with E-state index in [1.165, 1.54) is 0 Å². The summed E-state index contributed by atoms with van der Waals surface area (Å²) in [5, 5.41) is 2.88. The second-order valence-corrected chi connectivity index (χ2v) is 5.12. The van der Waals surface area contributed by atoms with Crippen LogP contribution < -0.4 is 10.1 Å². The quantitative estimate of drug-likeness (QED) is 0.637. The van der Waals surface area contributed by atoms with Crippen LogP contribution in [-0.2, 0) is 16.0 Å². The maximum Gasteiger partial charge on any atom is 0.226 e. The van der Waals surface area contributed by atoms with E-state index in [1.807, 2.05) is 31.2 Å². The summed E-state index contributed by atoms with van der Waals surface area (Å²) in [5.41, 5.74) is 2.08. The van der Waals surface area contributed by atoms with Crippen molar-refractivity contribution in [3.8, 4) is 5.75 Å². The molecule has 1 aromatic carbocycles. The SMILES string of the molecule is C=C(C)COCCNC(=O)C1COc2ccccc2C1. The molecule has 1 aliphatic rings. The maximum atomic E-state index is 12.0. The van der Waals surface area contributed by atoms with Crippen molar-refractivity contribution >= 4 is 5.91 Å². The van der Waals surface area contributed by atoms with Crippen molar-refractivity contribution in [2.24, 2.45) is 5.92 Å². The van der Waals surface area contributed by atoms with Crippen LogP contribution >= 0.6 is 0 Å². The van der Waals surface area contributed by atoms with E-state index in [4.69, 9.17) is 9.47 Å². The van der Waals surface area contributed by atoms with Gasteiger partial charge >= 0.3 is 0 Å². The van der Waals surface area contributed by atoms with Gasteiger partial charge < -0.3 is 14.8 Å². The van der Waals surface area contributed by atoms with Crippen LogP contribution in [-0.4, -0.2) is 32.3 Å². The third-order valence-corrected chi connectivity index (χ3v) is 3.14. The summed E-state index contributed by atoms with van der Waals surface area (Å²) in [4.78, 5) is 12.0. The maximum absolute atomic E-state index is 12.0. The first-order chi connectivity index (χ1) is 9.66. The molecule has 0 bridgehead atoms. The second kappa shape index (κ2) is 7.10. The fourth-order valence-corrected chi connectivity index (χ4v) is 2.13. The highest BCUT2D eigenvalue weighted by Crippen LogP contribution is 2.26. The minimum atomic E-state index is -0.119. The van der Waals surface area contributed by atoms with Crippen LogP contribution in [0.15, 0.2) is 36.4 Å². The van der Waals surface area contributed by atoms with Gasteiger partial charge in [-0.15, -0.1) is 0 Å². The topological polar surface area (TPSA) is 47.6 Å². The van der Waals surface area contributed by atoms with Crippen molar-refractivity contribution in [1.82, 2.24) is 5.32 Å². The van der Waals surface area contributed by atoms with Crippen molar-refractivity contribution < 1.29 is 14.3 Å². The Bertz CT molecular complexity index is 484. The lowest BCUT2D eigenvalue weighted by Gasteiger charge is -2.24. The van der Waals surface area contributed by atoms with Gasteiger partial charge in [0.15, 0.2) is 0 Å². The third-order valence-electron chi connectivity index (χ3n) is 3.14. The highest BCUT2D eigenvalue weighted by atomic mass is 16.5. The molecule has 0 fully saturated rings. The Balaban J connectivity index is 1.73. The number of rotatable bonds is 6. The summed E-state index contributed by atoms with van der Waals surface area (Å²) in [6.45, 7) is 7.66. The summed E-state index contributed by atoms with van der Waals surface area (Å²) in [7, 11) is 0. The van der Waals surface area contributed by atoms with Gasteiger partial charge in [-0.3, -0.25) is 4.79 Å². The van der Waals surface area contributed by atoms with E-state index in [0.29, 0.717) is 26.4 Å². The Morgan fingerprint density at radius 3 is 3.10 bits per heavy atom. The molecule has 1 amide bonds. The lowest BCUT2D eigenvalue weighted by molar-refractivity contribution is -0.126. The number of amides is 1. The van der Waals surface area contributed by atoms with Gasteiger partial charge in [0.2, 0.25) is 5.91 Å². The van der Waals surface area contributed by atoms with E-state index < -0.39 is 0 Å². The molecule has 0 saturated carbocycles. The molecule has 1 aliphatic heterocycles. The minimum Gasteiger partial charge on any atom is -0.492 e. The number of nitrogens with one attached hydrogen (secondary N) is 1. The van der Waals surface area contributed by atoms with E-state index in [-0.39, 0.29) is 11.8 Å². The minimum absolute atomic E-state index is 0.0263. The molecule has 4 heteroatoms. The average molecular weight is 275 g/mol. The van der Waals surface area contributed by atoms with Crippen molar-refractivity contribution in [1.29, 1.82) is 0 Å². The summed E-state index contributed by atoms with van der Waals surface area (Å²) >= 11 is 0.